The van der Waals surface area contributed by atoms with Gasteiger partial charge in [0.1, 0.15) is 0 Å². The molecule has 3 nitrogen and oxygen atoms in total. The molecular weight excluding hydrogens is 293 g/mol. The standard InChI is InChI=1S/C13H17F3N2O.ClH/c1-13(2,6-17)7-18(3)12(19)8-4-5-9(14)11(16)10(8)15;/h4-5H,6-7,17H2,1-3H3;1H. The van der Waals surface area contributed by atoms with Gasteiger partial charge in [0.15, 0.2) is 17.5 Å². The quantitative estimate of drug-likeness (QED) is 0.869. The first-order chi connectivity index (χ1) is 8.69. The highest BCUT2D eigenvalue weighted by Gasteiger charge is 2.25. The zero-order valence-corrected chi connectivity index (χ0v) is 12.4. The summed E-state index contributed by atoms with van der Waals surface area (Å²) in [4.78, 5) is 13.2. The molecule has 0 aliphatic heterocycles. The number of rotatable bonds is 4. The van der Waals surface area contributed by atoms with E-state index in [1.807, 2.05) is 13.8 Å². The van der Waals surface area contributed by atoms with E-state index in [0.717, 1.165) is 12.1 Å². The van der Waals surface area contributed by atoms with Crippen LogP contribution in [0.4, 0.5) is 13.2 Å². The monoisotopic (exact) mass is 310 g/mol. The Morgan fingerprint density at radius 1 is 1.25 bits per heavy atom. The molecule has 0 unspecified atom stereocenters. The Morgan fingerprint density at radius 3 is 2.30 bits per heavy atom. The van der Waals surface area contributed by atoms with Crippen LogP contribution in [0.1, 0.15) is 24.2 Å². The maximum Gasteiger partial charge on any atom is 0.256 e. The van der Waals surface area contributed by atoms with Gasteiger partial charge in [-0.25, -0.2) is 13.2 Å². The third-order valence-corrected chi connectivity index (χ3v) is 2.83. The van der Waals surface area contributed by atoms with Crippen molar-refractivity contribution in [2.24, 2.45) is 11.1 Å². The maximum atomic E-state index is 13.5. The van der Waals surface area contributed by atoms with Gasteiger partial charge in [-0.15, -0.1) is 12.4 Å². The first-order valence-corrected chi connectivity index (χ1v) is 5.78. The number of hydrogen-bond donors (Lipinski definition) is 1. The van der Waals surface area contributed by atoms with Gasteiger partial charge < -0.3 is 10.6 Å². The van der Waals surface area contributed by atoms with Crippen LogP contribution >= 0.6 is 12.4 Å². The minimum Gasteiger partial charge on any atom is -0.341 e. The molecule has 0 saturated carbocycles. The highest BCUT2D eigenvalue weighted by atomic mass is 35.5. The molecule has 0 spiro atoms. The van der Waals surface area contributed by atoms with E-state index >= 15 is 0 Å². The van der Waals surface area contributed by atoms with Crippen molar-refractivity contribution in [1.29, 1.82) is 0 Å². The van der Waals surface area contributed by atoms with E-state index in [2.05, 4.69) is 0 Å². The lowest BCUT2D eigenvalue weighted by molar-refractivity contribution is 0.0734. The van der Waals surface area contributed by atoms with Crippen LogP contribution in [0.25, 0.3) is 0 Å². The van der Waals surface area contributed by atoms with Gasteiger partial charge in [0.2, 0.25) is 0 Å². The molecule has 20 heavy (non-hydrogen) atoms. The largest absolute Gasteiger partial charge is 0.341 e. The SMILES string of the molecule is CN(CC(C)(C)CN)C(=O)c1ccc(F)c(F)c1F.Cl. The normalized spacial score (nSPS) is 10.9. The minimum absolute atomic E-state index is 0. The Kier molecular flexibility index (Phi) is 6.50. The number of hydrogen-bond acceptors (Lipinski definition) is 2. The molecule has 0 aliphatic carbocycles. The lowest BCUT2D eigenvalue weighted by atomic mass is 9.93. The zero-order chi connectivity index (χ0) is 14.8. The summed E-state index contributed by atoms with van der Waals surface area (Å²) in [5, 5.41) is 0. The highest BCUT2D eigenvalue weighted by molar-refractivity contribution is 5.94. The fraction of sp³-hybridized carbons (Fsp3) is 0.462. The summed E-state index contributed by atoms with van der Waals surface area (Å²) in [6.45, 7) is 4.31. The number of carbonyl (C=O) groups is 1. The van der Waals surface area contributed by atoms with Gasteiger partial charge in [-0.2, -0.15) is 0 Å². The molecule has 1 aromatic carbocycles. The molecule has 0 fully saturated rings. The van der Waals surface area contributed by atoms with Crippen molar-refractivity contribution in [3.05, 3.63) is 35.1 Å². The summed E-state index contributed by atoms with van der Waals surface area (Å²) >= 11 is 0. The van der Waals surface area contributed by atoms with Gasteiger partial charge in [-0.1, -0.05) is 13.8 Å². The summed E-state index contributed by atoms with van der Waals surface area (Å²) in [5.74, 6) is -5.14. The molecule has 0 atom stereocenters. The second-order valence-corrected chi connectivity index (χ2v) is 5.25. The highest BCUT2D eigenvalue weighted by Crippen LogP contribution is 2.19. The molecule has 0 saturated heterocycles. The van der Waals surface area contributed by atoms with Crippen LogP contribution in [-0.4, -0.2) is 30.9 Å². The fourth-order valence-electron chi connectivity index (χ4n) is 1.68. The number of nitrogens with zero attached hydrogens (tertiary/aromatic N) is 1. The first-order valence-electron chi connectivity index (χ1n) is 5.78. The average Bonchev–Trinajstić information content (AvgIpc) is 2.35. The fourth-order valence-corrected chi connectivity index (χ4v) is 1.68. The van der Waals surface area contributed by atoms with E-state index < -0.39 is 28.9 Å². The van der Waals surface area contributed by atoms with Crippen LogP contribution in [-0.2, 0) is 0 Å². The first kappa shape index (κ1) is 18.7. The number of halogens is 4. The molecule has 1 amide bonds. The van der Waals surface area contributed by atoms with Crippen LogP contribution < -0.4 is 5.73 Å². The average molecular weight is 311 g/mol. The number of carbonyl (C=O) groups excluding carboxylic acids is 1. The van der Waals surface area contributed by atoms with E-state index in [1.165, 1.54) is 11.9 Å². The molecule has 0 bridgehead atoms. The predicted molar refractivity (Wildman–Crippen MR) is 73.4 cm³/mol. The van der Waals surface area contributed by atoms with E-state index in [9.17, 15) is 18.0 Å². The van der Waals surface area contributed by atoms with Gasteiger partial charge in [0.05, 0.1) is 5.56 Å². The molecule has 0 aliphatic rings. The molecule has 0 radical (unpaired) electrons. The molecular formula is C13H18ClF3N2O. The summed E-state index contributed by atoms with van der Waals surface area (Å²) in [5.41, 5.74) is 4.71. The molecule has 0 heterocycles. The van der Waals surface area contributed by atoms with E-state index in [-0.39, 0.29) is 24.4 Å². The van der Waals surface area contributed by atoms with Crippen LogP contribution in [0.5, 0.6) is 0 Å². The van der Waals surface area contributed by atoms with Gasteiger partial charge in [0, 0.05) is 13.6 Å². The number of nitrogens with two attached hydrogens (primary N) is 1. The number of benzene rings is 1. The van der Waals surface area contributed by atoms with Crippen molar-refractivity contribution in [3.63, 3.8) is 0 Å². The van der Waals surface area contributed by atoms with Gasteiger partial charge >= 0.3 is 0 Å². The maximum absolute atomic E-state index is 13.5. The summed E-state index contributed by atoms with van der Waals surface area (Å²) in [6, 6.07) is 1.66. The third kappa shape index (κ3) is 4.11. The zero-order valence-electron chi connectivity index (χ0n) is 11.5. The van der Waals surface area contributed by atoms with Crippen LogP contribution in [0.2, 0.25) is 0 Å². The van der Waals surface area contributed by atoms with Crippen molar-refractivity contribution in [3.8, 4) is 0 Å². The Balaban J connectivity index is 0.00000361. The Labute approximate surface area is 122 Å². The summed E-state index contributed by atoms with van der Waals surface area (Å²) < 4.78 is 39.4. The molecule has 1 rings (SSSR count). The van der Waals surface area contributed by atoms with Gasteiger partial charge in [-0.3, -0.25) is 4.79 Å². The third-order valence-electron chi connectivity index (χ3n) is 2.83. The molecule has 0 aromatic heterocycles. The molecule has 2 N–H and O–H groups in total. The topological polar surface area (TPSA) is 46.3 Å². The van der Waals surface area contributed by atoms with Crippen molar-refractivity contribution >= 4 is 18.3 Å². The van der Waals surface area contributed by atoms with Gasteiger partial charge in [-0.05, 0) is 24.1 Å². The second-order valence-electron chi connectivity index (χ2n) is 5.25. The van der Waals surface area contributed by atoms with Crippen LogP contribution in [0.15, 0.2) is 12.1 Å². The lowest BCUT2D eigenvalue weighted by Gasteiger charge is -2.29. The summed E-state index contributed by atoms with van der Waals surface area (Å²) in [7, 11) is 1.46. The van der Waals surface area contributed by atoms with Crippen molar-refractivity contribution < 1.29 is 18.0 Å². The Bertz CT molecular complexity index is 495. The van der Waals surface area contributed by atoms with Crippen molar-refractivity contribution in [1.82, 2.24) is 4.90 Å². The summed E-state index contributed by atoms with van der Waals surface area (Å²) in [6.07, 6.45) is 0. The van der Waals surface area contributed by atoms with E-state index in [4.69, 9.17) is 5.73 Å². The molecule has 7 heteroatoms. The smallest absolute Gasteiger partial charge is 0.256 e. The van der Waals surface area contributed by atoms with E-state index in [1.54, 1.807) is 0 Å². The number of amides is 1. The van der Waals surface area contributed by atoms with Crippen molar-refractivity contribution in [2.45, 2.75) is 13.8 Å². The van der Waals surface area contributed by atoms with E-state index in [0.29, 0.717) is 6.54 Å². The molecule has 114 valence electrons. The van der Waals surface area contributed by atoms with Gasteiger partial charge in [0.25, 0.3) is 5.91 Å². The lowest BCUT2D eigenvalue weighted by Crippen LogP contribution is -2.40. The van der Waals surface area contributed by atoms with Crippen molar-refractivity contribution in [2.75, 3.05) is 20.1 Å². The van der Waals surface area contributed by atoms with Crippen LogP contribution in [0.3, 0.4) is 0 Å². The Morgan fingerprint density at radius 2 is 1.80 bits per heavy atom. The second kappa shape index (κ2) is 6.95. The minimum atomic E-state index is -1.64. The molecule has 1 aromatic rings. The Hall–Kier alpha value is -1.27. The predicted octanol–water partition coefficient (Wildman–Crippen LogP) is 2.58. The van der Waals surface area contributed by atoms with Crippen LogP contribution in [0, 0.1) is 22.9 Å².